The van der Waals surface area contributed by atoms with Gasteiger partial charge in [-0.05, 0) is 83.0 Å². The Hall–Kier alpha value is -3.12. The van der Waals surface area contributed by atoms with Crippen molar-refractivity contribution in [3.8, 4) is 11.5 Å². The number of fused-ring (bicyclic) bond motifs is 1. The van der Waals surface area contributed by atoms with E-state index in [1.807, 2.05) is 68.5 Å². The van der Waals surface area contributed by atoms with Crippen molar-refractivity contribution in [2.45, 2.75) is 32.9 Å². The Morgan fingerprint density at radius 2 is 1.84 bits per heavy atom. The number of ether oxygens (including phenoxy) is 3. The fraction of sp³-hybridized carbons (Fsp3) is 0.219. The van der Waals surface area contributed by atoms with Gasteiger partial charge in [-0.25, -0.2) is 9.79 Å². The molecule has 1 aromatic heterocycles. The molecule has 7 nitrogen and oxygen atoms in total. The lowest BCUT2D eigenvalue weighted by Gasteiger charge is -2.25. The number of carbonyl (C=O) groups is 1. The molecule has 0 radical (unpaired) electrons. The van der Waals surface area contributed by atoms with E-state index >= 15 is 0 Å². The fourth-order valence-corrected chi connectivity index (χ4v) is 6.95. The number of methoxy groups -OCH3 is 1. The Kier molecular flexibility index (Phi) is 9.95. The Labute approximate surface area is 276 Å². The molecule has 43 heavy (non-hydrogen) atoms. The van der Waals surface area contributed by atoms with Crippen LogP contribution in [-0.2, 0) is 16.1 Å². The molecule has 5 rings (SSSR count). The van der Waals surface area contributed by atoms with Crippen molar-refractivity contribution in [2.75, 3.05) is 13.7 Å². The van der Waals surface area contributed by atoms with Crippen molar-refractivity contribution in [3.63, 3.8) is 0 Å². The maximum atomic E-state index is 14.0. The van der Waals surface area contributed by atoms with Gasteiger partial charge in [0.15, 0.2) is 16.3 Å². The zero-order valence-corrected chi connectivity index (χ0v) is 28.0. The number of halogens is 3. The van der Waals surface area contributed by atoms with Gasteiger partial charge in [-0.2, -0.15) is 0 Å². The van der Waals surface area contributed by atoms with E-state index in [2.05, 4.69) is 22.6 Å². The molecule has 11 heteroatoms. The third-order valence-corrected chi connectivity index (χ3v) is 9.29. The third-order valence-electron chi connectivity index (χ3n) is 6.76. The van der Waals surface area contributed by atoms with Gasteiger partial charge in [0.2, 0.25) is 0 Å². The molecule has 0 bridgehead atoms. The molecule has 0 spiro atoms. The molecule has 1 aliphatic heterocycles. The van der Waals surface area contributed by atoms with Crippen LogP contribution in [0.2, 0.25) is 10.0 Å². The van der Waals surface area contributed by atoms with Crippen molar-refractivity contribution in [3.05, 3.63) is 122 Å². The van der Waals surface area contributed by atoms with Crippen LogP contribution in [0.15, 0.2) is 81.7 Å². The van der Waals surface area contributed by atoms with Gasteiger partial charge < -0.3 is 14.2 Å². The second kappa shape index (κ2) is 13.7. The Bertz CT molecular complexity index is 1900. The summed E-state index contributed by atoms with van der Waals surface area (Å²) in [5.74, 6) is 0.638. The minimum atomic E-state index is -0.654. The molecule has 0 fully saturated rings. The summed E-state index contributed by atoms with van der Waals surface area (Å²) in [5, 5.41) is 0.936. The average Bonchev–Trinajstić information content (AvgIpc) is 3.31. The molecular weight excluding hydrogens is 722 g/mol. The topological polar surface area (TPSA) is 79.1 Å². The van der Waals surface area contributed by atoms with E-state index < -0.39 is 12.0 Å². The Morgan fingerprint density at radius 3 is 2.51 bits per heavy atom. The summed E-state index contributed by atoms with van der Waals surface area (Å²) < 4.78 is 20.1. The van der Waals surface area contributed by atoms with Crippen LogP contribution < -0.4 is 24.4 Å². The summed E-state index contributed by atoms with van der Waals surface area (Å²) in [4.78, 5) is 32.2. The van der Waals surface area contributed by atoms with Crippen LogP contribution in [0.25, 0.3) is 6.08 Å². The zero-order chi connectivity index (χ0) is 30.7. The van der Waals surface area contributed by atoms with Gasteiger partial charge >= 0.3 is 5.97 Å². The minimum Gasteiger partial charge on any atom is -0.490 e. The first-order chi connectivity index (χ1) is 20.7. The van der Waals surface area contributed by atoms with Crippen molar-refractivity contribution in [1.29, 1.82) is 0 Å². The summed E-state index contributed by atoms with van der Waals surface area (Å²) >= 11 is 15.7. The first kappa shape index (κ1) is 31.3. The van der Waals surface area contributed by atoms with Crippen LogP contribution >= 0.6 is 57.1 Å². The predicted octanol–water partition coefficient (Wildman–Crippen LogP) is 6.69. The molecule has 4 aromatic rings. The molecule has 0 saturated carbocycles. The number of hydrogen-bond acceptors (Lipinski definition) is 7. The lowest BCUT2D eigenvalue weighted by molar-refractivity contribution is -0.136. The van der Waals surface area contributed by atoms with E-state index in [1.54, 1.807) is 16.7 Å². The molecule has 0 saturated heterocycles. The van der Waals surface area contributed by atoms with Gasteiger partial charge in [-0.1, -0.05) is 77.9 Å². The maximum absolute atomic E-state index is 14.0. The molecular formula is C32H27Cl2IN2O5S. The highest BCUT2D eigenvalue weighted by Gasteiger charge is 2.33. The van der Waals surface area contributed by atoms with Crippen LogP contribution in [0.5, 0.6) is 11.5 Å². The van der Waals surface area contributed by atoms with Gasteiger partial charge in [0.25, 0.3) is 5.56 Å². The highest BCUT2D eigenvalue weighted by molar-refractivity contribution is 14.1. The van der Waals surface area contributed by atoms with Gasteiger partial charge in [0.05, 0.1) is 49.2 Å². The second-order valence-corrected chi connectivity index (χ2v) is 12.5. The average molecular weight is 749 g/mol. The standard InChI is InChI=1S/C32H27Cl2IN2O5S/c1-4-24-27(31(39)40-3)28(20-9-7-6-8-10-20)37-30(38)26(43-32(37)36-24)16-19-14-23(35)29(25(15-19)41-5-2)42-17-18-11-12-21(33)22(34)13-18/h6-16,28H,4-5,17H2,1-3H3/b26-16+/t28-/m1/s1. The maximum Gasteiger partial charge on any atom is 0.338 e. The number of allylic oxidation sites excluding steroid dienone is 1. The van der Waals surface area contributed by atoms with Crippen molar-refractivity contribution in [2.24, 2.45) is 4.99 Å². The number of thiazole rings is 1. The molecule has 3 aromatic carbocycles. The van der Waals surface area contributed by atoms with Crippen molar-refractivity contribution in [1.82, 2.24) is 4.57 Å². The van der Waals surface area contributed by atoms with E-state index in [0.29, 0.717) is 55.2 Å². The Balaban J connectivity index is 1.58. The number of esters is 1. The number of carbonyl (C=O) groups excluding carboxylic acids is 1. The van der Waals surface area contributed by atoms with Gasteiger partial charge in [0, 0.05) is 0 Å². The number of aromatic nitrogens is 1. The normalized spacial score (nSPS) is 14.7. The SMILES string of the molecule is CCOc1cc(/C=c2/sc3n(c2=O)[C@H](c2ccccc2)C(C(=O)OC)=C(CC)N=3)cc(I)c1OCc1ccc(Cl)c(Cl)c1. The first-order valence-electron chi connectivity index (χ1n) is 13.5. The zero-order valence-electron chi connectivity index (χ0n) is 23.5. The number of hydrogen-bond donors (Lipinski definition) is 0. The first-order valence-corrected chi connectivity index (χ1v) is 16.1. The molecule has 2 heterocycles. The van der Waals surface area contributed by atoms with E-state index in [-0.39, 0.29) is 12.2 Å². The van der Waals surface area contributed by atoms with Crippen molar-refractivity contribution < 1.29 is 19.0 Å². The molecule has 222 valence electrons. The van der Waals surface area contributed by atoms with Crippen LogP contribution in [0.4, 0.5) is 0 Å². The predicted molar refractivity (Wildman–Crippen MR) is 178 cm³/mol. The summed E-state index contributed by atoms with van der Waals surface area (Å²) in [6.45, 7) is 4.53. The van der Waals surface area contributed by atoms with Gasteiger partial charge in [0.1, 0.15) is 6.61 Å². The molecule has 0 aliphatic carbocycles. The molecule has 1 aliphatic rings. The molecule has 0 amide bonds. The third kappa shape index (κ3) is 6.55. The smallest absolute Gasteiger partial charge is 0.338 e. The number of rotatable bonds is 9. The summed E-state index contributed by atoms with van der Waals surface area (Å²) in [5.41, 5.74) is 3.15. The van der Waals surface area contributed by atoms with Gasteiger partial charge in [-0.3, -0.25) is 9.36 Å². The molecule has 0 N–H and O–H groups in total. The summed E-state index contributed by atoms with van der Waals surface area (Å²) in [6.07, 6.45) is 2.32. The van der Waals surface area contributed by atoms with Crippen molar-refractivity contribution >= 4 is 69.2 Å². The largest absolute Gasteiger partial charge is 0.490 e. The van der Waals surface area contributed by atoms with Crippen LogP contribution in [0, 0.1) is 3.57 Å². The highest BCUT2D eigenvalue weighted by Crippen LogP contribution is 2.36. The second-order valence-electron chi connectivity index (χ2n) is 9.50. The van der Waals surface area contributed by atoms with Crippen LogP contribution in [0.3, 0.4) is 0 Å². The summed E-state index contributed by atoms with van der Waals surface area (Å²) in [7, 11) is 1.34. The number of nitrogens with zero attached hydrogens (tertiary/aromatic N) is 2. The van der Waals surface area contributed by atoms with E-state index in [0.717, 1.165) is 20.3 Å². The van der Waals surface area contributed by atoms with E-state index in [1.165, 1.54) is 18.4 Å². The van der Waals surface area contributed by atoms with Gasteiger partial charge in [-0.15, -0.1) is 0 Å². The lowest BCUT2D eigenvalue weighted by Crippen LogP contribution is -2.40. The minimum absolute atomic E-state index is 0.248. The van der Waals surface area contributed by atoms with E-state index in [4.69, 9.17) is 42.4 Å². The van der Waals surface area contributed by atoms with E-state index in [9.17, 15) is 9.59 Å². The fourth-order valence-electron chi connectivity index (χ4n) is 4.83. The highest BCUT2D eigenvalue weighted by atomic mass is 127. The monoisotopic (exact) mass is 748 g/mol. The molecule has 0 unspecified atom stereocenters. The van der Waals surface area contributed by atoms with Crippen LogP contribution in [0.1, 0.15) is 43.0 Å². The summed E-state index contributed by atoms with van der Waals surface area (Å²) in [6, 6.07) is 17.9. The quantitative estimate of drug-likeness (QED) is 0.141. The number of benzene rings is 3. The molecule has 1 atom stereocenters. The van der Waals surface area contributed by atoms with Crippen LogP contribution in [-0.4, -0.2) is 24.3 Å². The lowest BCUT2D eigenvalue weighted by atomic mass is 9.95. The Morgan fingerprint density at radius 1 is 1.07 bits per heavy atom.